The third-order valence-corrected chi connectivity index (χ3v) is 5.95. The number of hydrogen-bond donors (Lipinski definition) is 2. The lowest BCUT2D eigenvalue weighted by Crippen LogP contribution is -2.33. The molecular formula is C26H27NO4S. The molecule has 3 rings (SSSR count). The van der Waals surface area contributed by atoms with Crippen LogP contribution < -0.4 is 10.1 Å². The molecule has 2 N–H and O–H groups in total. The number of aliphatic carboxylic acids is 1. The summed E-state index contributed by atoms with van der Waals surface area (Å²) in [6, 6.07) is 25.7. The van der Waals surface area contributed by atoms with Crippen molar-refractivity contribution in [3.8, 4) is 5.75 Å². The first-order valence-electron chi connectivity index (χ1n) is 10.5. The molecule has 6 heteroatoms. The van der Waals surface area contributed by atoms with E-state index in [-0.39, 0.29) is 18.4 Å². The number of hydrogen-bond acceptors (Lipinski definition) is 4. The van der Waals surface area contributed by atoms with Gasteiger partial charge in [0.25, 0.3) is 0 Å². The number of ether oxygens (including phenoxy) is 1. The monoisotopic (exact) mass is 449 g/mol. The zero-order chi connectivity index (χ0) is 22.9. The van der Waals surface area contributed by atoms with Gasteiger partial charge in [0.15, 0.2) is 0 Å². The minimum Gasteiger partial charge on any atom is -0.491 e. The topological polar surface area (TPSA) is 75.6 Å². The predicted molar refractivity (Wildman–Crippen MR) is 127 cm³/mol. The number of carbonyl (C=O) groups excluding carboxylic acids is 1. The molecule has 2 atom stereocenters. The summed E-state index contributed by atoms with van der Waals surface area (Å²) in [6.45, 7) is 3.88. The lowest BCUT2D eigenvalue weighted by Gasteiger charge is -2.23. The van der Waals surface area contributed by atoms with Gasteiger partial charge in [-0.1, -0.05) is 60.7 Å². The Hall–Kier alpha value is -3.25. The van der Waals surface area contributed by atoms with Crippen molar-refractivity contribution in [3.63, 3.8) is 0 Å². The highest BCUT2D eigenvalue weighted by Crippen LogP contribution is 2.36. The third kappa shape index (κ3) is 6.89. The van der Waals surface area contributed by atoms with Crippen LogP contribution >= 0.6 is 11.8 Å². The number of carboxylic acids is 1. The molecule has 0 unspecified atom stereocenters. The van der Waals surface area contributed by atoms with E-state index in [2.05, 4.69) is 5.32 Å². The molecule has 0 heterocycles. The second kappa shape index (κ2) is 11.4. The molecule has 0 radical (unpaired) electrons. The van der Waals surface area contributed by atoms with Crippen molar-refractivity contribution in [2.75, 3.05) is 0 Å². The van der Waals surface area contributed by atoms with Gasteiger partial charge >= 0.3 is 5.97 Å². The van der Waals surface area contributed by atoms with Gasteiger partial charge in [-0.05, 0) is 49.2 Å². The molecule has 0 aromatic heterocycles. The van der Waals surface area contributed by atoms with E-state index in [0.29, 0.717) is 11.3 Å². The van der Waals surface area contributed by atoms with E-state index in [4.69, 9.17) is 4.74 Å². The van der Waals surface area contributed by atoms with Gasteiger partial charge in [-0.3, -0.25) is 9.59 Å². The number of rotatable bonds is 10. The molecular weight excluding hydrogens is 422 g/mol. The Morgan fingerprint density at radius 3 is 2.03 bits per heavy atom. The molecule has 0 aliphatic heterocycles. The Morgan fingerprint density at radius 2 is 1.47 bits per heavy atom. The van der Waals surface area contributed by atoms with Crippen LogP contribution in [-0.2, 0) is 9.59 Å². The quantitative estimate of drug-likeness (QED) is 0.392. The van der Waals surface area contributed by atoms with E-state index >= 15 is 0 Å². The molecule has 0 saturated carbocycles. The molecule has 0 aliphatic carbocycles. The van der Waals surface area contributed by atoms with E-state index < -0.39 is 17.3 Å². The minimum atomic E-state index is -0.982. The molecule has 0 spiro atoms. The molecule has 0 bridgehead atoms. The average molecular weight is 450 g/mol. The number of nitrogens with one attached hydrogen (secondary N) is 1. The first-order chi connectivity index (χ1) is 15.4. The summed E-state index contributed by atoms with van der Waals surface area (Å²) in [5.41, 5.74) is 1.57. The fraction of sp³-hybridized carbons (Fsp3) is 0.231. The highest BCUT2D eigenvalue weighted by molar-refractivity contribution is 8.00. The van der Waals surface area contributed by atoms with E-state index in [1.54, 1.807) is 24.3 Å². The first kappa shape index (κ1) is 23.4. The van der Waals surface area contributed by atoms with Crippen LogP contribution in [0, 0.1) is 0 Å². The summed E-state index contributed by atoms with van der Waals surface area (Å²) >= 11 is 1.44. The average Bonchev–Trinajstić information content (AvgIpc) is 2.78. The van der Waals surface area contributed by atoms with Gasteiger partial charge in [0.1, 0.15) is 11.0 Å². The van der Waals surface area contributed by atoms with Gasteiger partial charge in [-0.25, -0.2) is 0 Å². The van der Waals surface area contributed by atoms with Crippen molar-refractivity contribution in [2.24, 2.45) is 0 Å². The minimum absolute atomic E-state index is 0.0389. The van der Waals surface area contributed by atoms with Crippen LogP contribution in [0.5, 0.6) is 5.75 Å². The van der Waals surface area contributed by atoms with Crippen molar-refractivity contribution in [3.05, 3.63) is 96.1 Å². The van der Waals surface area contributed by atoms with Crippen molar-refractivity contribution in [1.82, 2.24) is 5.32 Å². The Balaban J connectivity index is 1.84. The Morgan fingerprint density at radius 1 is 0.875 bits per heavy atom. The van der Waals surface area contributed by atoms with Crippen molar-refractivity contribution in [2.45, 2.75) is 42.6 Å². The number of amides is 1. The highest BCUT2D eigenvalue weighted by atomic mass is 32.2. The number of carbonyl (C=O) groups is 2. The van der Waals surface area contributed by atoms with Gasteiger partial charge in [0, 0.05) is 4.90 Å². The summed E-state index contributed by atoms with van der Waals surface area (Å²) in [4.78, 5) is 25.9. The molecule has 1 amide bonds. The number of carboxylic acid groups (broad SMARTS) is 1. The van der Waals surface area contributed by atoms with Gasteiger partial charge in [0.05, 0.1) is 18.6 Å². The molecule has 0 fully saturated rings. The fourth-order valence-electron chi connectivity index (χ4n) is 3.26. The largest absolute Gasteiger partial charge is 0.491 e. The summed E-state index contributed by atoms with van der Waals surface area (Å²) in [6.07, 6.45) is -0.176. The summed E-state index contributed by atoms with van der Waals surface area (Å²) < 4.78 is 5.67. The zero-order valence-electron chi connectivity index (χ0n) is 18.1. The van der Waals surface area contributed by atoms with Crippen LogP contribution in [-0.4, -0.2) is 23.1 Å². The fourth-order valence-corrected chi connectivity index (χ4v) is 4.32. The maximum Gasteiger partial charge on any atom is 0.305 e. The van der Waals surface area contributed by atoms with E-state index in [1.807, 2.05) is 74.5 Å². The van der Waals surface area contributed by atoms with E-state index in [0.717, 1.165) is 10.5 Å². The van der Waals surface area contributed by atoms with Crippen LogP contribution in [0.2, 0.25) is 0 Å². The third-order valence-electron chi connectivity index (χ3n) is 4.69. The van der Waals surface area contributed by atoms with Crippen LogP contribution in [0.15, 0.2) is 89.8 Å². The number of benzene rings is 3. The zero-order valence-corrected chi connectivity index (χ0v) is 18.9. The maximum atomic E-state index is 13.4. The van der Waals surface area contributed by atoms with Crippen LogP contribution in [0.1, 0.15) is 42.7 Å². The Bertz CT molecular complexity index is 1010. The van der Waals surface area contributed by atoms with E-state index in [1.165, 1.54) is 11.8 Å². The predicted octanol–water partition coefficient (Wildman–Crippen LogP) is 5.64. The first-order valence-corrected chi connectivity index (χ1v) is 11.4. The maximum absolute atomic E-state index is 13.4. The summed E-state index contributed by atoms with van der Waals surface area (Å²) in [5.74, 6) is -0.519. The second-order valence-corrected chi connectivity index (χ2v) is 8.79. The van der Waals surface area contributed by atoms with E-state index in [9.17, 15) is 14.7 Å². The molecule has 3 aromatic carbocycles. The molecule has 3 aromatic rings. The Kier molecular flexibility index (Phi) is 8.34. The van der Waals surface area contributed by atoms with Crippen molar-refractivity contribution >= 4 is 23.6 Å². The lowest BCUT2D eigenvalue weighted by atomic mass is 10.0. The highest BCUT2D eigenvalue weighted by Gasteiger charge is 2.26. The molecule has 5 nitrogen and oxygen atoms in total. The lowest BCUT2D eigenvalue weighted by molar-refractivity contribution is -0.137. The number of thioether (sulfide) groups is 1. The molecule has 32 heavy (non-hydrogen) atoms. The summed E-state index contributed by atoms with van der Waals surface area (Å²) in [5, 5.41) is 11.9. The molecule has 0 saturated heterocycles. The van der Waals surface area contributed by atoms with Crippen molar-refractivity contribution in [1.29, 1.82) is 0 Å². The standard InChI is InChI=1S/C26H27NO4S/c1-18(2)31-21-15-13-19(14-16-21)23(17-24(28)29)27-26(30)25(20-9-5-3-6-10-20)32-22-11-7-4-8-12-22/h3-16,18,23,25H,17H2,1-2H3,(H,27,30)(H,28,29)/t23-,25-/m0/s1. The Labute approximate surface area is 192 Å². The summed E-state index contributed by atoms with van der Waals surface area (Å²) in [7, 11) is 0. The van der Waals surface area contributed by atoms with Gasteiger partial charge in [-0.15, -0.1) is 11.8 Å². The van der Waals surface area contributed by atoms with Crippen LogP contribution in [0.4, 0.5) is 0 Å². The van der Waals surface area contributed by atoms with Gasteiger partial charge in [-0.2, -0.15) is 0 Å². The van der Waals surface area contributed by atoms with Crippen LogP contribution in [0.25, 0.3) is 0 Å². The van der Waals surface area contributed by atoms with Gasteiger partial charge < -0.3 is 15.2 Å². The smallest absolute Gasteiger partial charge is 0.305 e. The van der Waals surface area contributed by atoms with Gasteiger partial charge in [0.2, 0.25) is 5.91 Å². The molecule has 0 aliphatic rings. The second-order valence-electron chi connectivity index (χ2n) is 7.62. The van der Waals surface area contributed by atoms with Crippen LogP contribution in [0.3, 0.4) is 0 Å². The molecule has 166 valence electrons. The normalized spacial score (nSPS) is 12.7. The SMILES string of the molecule is CC(C)Oc1ccc([C@H](CC(=O)O)NC(=O)[C@@H](Sc2ccccc2)c2ccccc2)cc1. The van der Waals surface area contributed by atoms with Crippen molar-refractivity contribution < 1.29 is 19.4 Å².